The number of carbonyl (C=O) groups excluding carboxylic acids is 3. The number of nitrogens with one attached hydrogen (secondary N) is 1. The highest BCUT2D eigenvalue weighted by Gasteiger charge is 2.38. The molecule has 162 valence electrons. The lowest BCUT2D eigenvalue weighted by Gasteiger charge is -2.27. The zero-order chi connectivity index (χ0) is 22.7. The second-order valence-corrected chi connectivity index (χ2v) is 6.99. The number of fused-ring (bicyclic) bond motifs is 1. The molecule has 1 aliphatic rings. The number of ether oxygens (including phenoxy) is 2. The highest BCUT2D eigenvalue weighted by molar-refractivity contribution is 6.39. The summed E-state index contributed by atoms with van der Waals surface area (Å²) in [6.07, 6.45) is 1.50. The van der Waals surface area contributed by atoms with Crippen molar-refractivity contribution in [3.8, 4) is 11.5 Å². The van der Waals surface area contributed by atoms with Crippen LogP contribution in [0.2, 0.25) is 0 Å². The summed E-state index contributed by atoms with van der Waals surface area (Å²) in [7, 11) is 0. The predicted molar refractivity (Wildman–Crippen MR) is 122 cm³/mol. The van der Waals surface area contributed by atoms with Crippen molar-refractivity contribution in [2.45, 2.75) is 13.8 Å². The molecule has 1 saturated heterocycles. The van der Waals surface area contributed by atoms with Crippen LogP contribution in [0.3, 0.4) is 0 Å². The van der Waals surface area contributed by atoms with E-state index in [0.29, 0.717) is 30.3 Å². The van der Waals surface area contributed by atoms with E-state index in [0.717, 1.165) is 15.7 Å². The molecule has 0 aliphatic carbocycles. The molecular weight excluding hydrogens is 408 g/mol. The summed E-state index contributed by atoms with van der Waals surface area (Å²) in [5.41, 5.74) is 0.784. The summed E-state index contributed by atoms with van der Waals surface area (Å²) >= 11 is 0. The number of imide groups is 2. The van der Waals surface area contributed by atoms with Crippen LogP contribution >= 0.6 is 0 Å². The van der Waals surface area contributed by atoms with Gasteiger partial charge in [-0.25, -0.2) is 9.69 Å². The Morgan fingerprint density at radius 1 is 0.812 bits per heavy atom. The molecule has 7 nitrogen and oxygen atoms in total. The maximum atomic E-state index is 13.3. The van der Waals surface area contributed by atoms with E-state index in [1.54, 1.807) is 43.3 Å². The average molecular weight is 430 g/mol. The Hall–Kier alpha value is -4.13. The maximum absolute atomic E-state index is 13.3. The first-order valence-corrected chi connectivity index (χ1v) is 10.3. The van der Waals surface area contributed by atoms with Gasteiger partial charge in [0.1, 0.15) is 17.1 Å². The zero-order valence-electron chi connectivity index (χ0n) is 17.8. The molecule has 0 bridgehead atoms. The standard InChI is InChI=1S/C25H22N2O5/c1-3-31-21-14-13-16(17-9-5-6-10-18(17)21)15-19-23(28)26-25(30)27(24(19)29)20-11-7-8-12-22(20)32-4-2/h5-15H,3-4H2,1-2H3,(H,26,28,30)/b19-15+. The van der Waals surface area contributed by atoms with Crippen molar-refractivity contribution >= 4 is 40.4 Å². The van der Waals surface area contributed by atoms with E-state index in [4.69, 9.17) is 9.47 Å². The molecule has 0 radical (unpaired) electrons. The first-order valence-electron chi connectivity index (χ1n) is 10.3. The minimum atomic E-state index is -0.819. The van der Waals surface area contributed by atoms with Crippen molar-refractivity contribution in [1.82, 2.24) is 5.32 Å². The van der Waals surface area contributed by atoms with E-state index in [1.165, 1.54) is 6.08 Å². The molecule has 3 aromatic carbocycles. The Kier molecular flexibility index (Phi) is 5.89. The van der Waals surface area contributed by atoms with Crippen LogP contribution in [-0.4, -0.2) is 31.1 Å². The number of amides is 4. The van der Waals surface area contributed by atoms with Gasteiger partial charge in [-0.2, -0.15) is 0 Å². The van der Waals surface area contributed by atoms with E-state index < -0.39 is 17.8 Å². The maximum Gasteiger partial charge on any atom is 0.336 e. The quantitative estimate of drug-likeness (QED) is 0.465. The van der Waals surface area contributed by atoms with Crippen LogP contribution in [0.1, 0.15) is 19.4 Å². The van der Waals surface area contributed by atoms with Gasteiger partial charge in [-0.05, 0) is 49.1 Å². The fraction of sp³-hybridized carbons (Fsp3) is 0.160. The van der Waals surface area contributed by atoms with Crippen LogP contribution in [-0.2, 0) is 9.59 Å². The molecule has 4 amide bonds. The molecule has 32 heavy (non-hydrogen) atoms. The molecule has 0 saturated carbocycles. The van der Waals surface area contributed by atoms with Gasteiger partial charge < -0.3 is 9.47 Å². The van der Waals surface area contributed by atoms with Crippen LogP contribution in [0.25, 0.3) is 16.8 Å². The lowest BCUT2D eigenvalue weighted by molar-refractivity contribution is -0.122. The van der Waals surface area contributed by atoms with Crippen molar-refractivity contribution in [2.24, 2.45) is 0 Å². The fourth-order valence-electron chi connectivity index (χ4n) is 3.65. The van der Waals surface area contributed by atoms with Gasteiger partial charge in [0.25, 0.3) is 11.8 Å². The van der Waals surface area contributed by atoms with E-state index >= 15 is 0 Å². The first kappa shape index (κ1) is 21.1. The molecule has 3 aromatic rings. The van der Waals surface area contributed by atoms with Gasteiger partial charge in [-0.1, -0.05) is 42.5 Å². The number of para-hydroxylation sites is 2. The number of urea groups is 1. The number of rotatable bonds is 6. The number of hydrogen-bond donors (Lipinski definition) is 1. The molecule has 0 spiro atoms. The van der Waals surface area contributed by atoms with Crippen molar-refractivity contribution < 1.29 is 23.9 Å². The Morgan fingerprint density at radius 3 is 2.22 bits per heavy atom. The normalized spacial score (nSPS) is 15.2. The Morgan fingerprint density at radius 2 is 1.47 bits per heavy atom. The van der Waals surface area contributed by atoms with Crippen LogP contribution in [0.5, 0.6) is 11.5 Å². The summed E-state index contributed by atoms with van der Waals surface area (Å²) in [6.45, 7) is 4.59. The number of carbonyl (C=O) groups is 3. The molecule has 0 atom stereocenters. The van der Waals surface area contributed by atoms with Gasteiger partial charge in [-0.15, -0.1) is 0 Å². The smallest absolute Gasteiger partial charge is 0.336 e. The lowest BCUT2D eigenvalue weighted by atomic mass is 10.00. The van der Waals surface area contributed by atoms with Gasteiger partial charge in [-0.3, -0.25) is 14.9 Å². The zero-order valence-corrected chi connectivity index (χ0v) is 17.8. The molecule has 1 aliphatic heterocycles. The summed E-state index contributed by atoms with van der Waals surface area (Å²) in [5, 5.41) is 3.94. The average Bonchev–Trinajstić information content (AvgIpc) is 2.79. The monoisotopic (exact) mass is 430 g/mol. The molecule has 1 N–H and O–H groups in total. The summed E-state index contributed by atoms with van der Waals surface area (Å²) < 4.78 is 11.3. The molecule has 0 unspecified atom stereocenters. The third-order valence-corrected chi connectivity index (χ3v) is 5.03. The van der Waals surface area contributed by atoms with Crippen LogP contribution in [0, 0.1) is 0 Å². The number of barbiturate groups is 1. The van der Waals surface area contributed by atoms with E-state index in [9.17, 15) is 14.4 Å². The van der Waals surface area contributed by atoms with Crippen LogP contribution < -0.4 is 19.7 Å². The summed E-state index contributed by atoms with van der Waals surface area (Å²) in [4.78, 5) is 39.4. The fourth-order valence-corrected chi connectivity index (χ4v) is 3.65. The number of anilines is 1. The van der Waals surface area contributed by atoms with E-state index in [2.05, 4.69) is 5.32 Å². The van der Waals surface area contributed by atoms with E-state index in [-0.39, 0.29) is 11.3 Å². The van der Waals surface area contributed by atoms with E-state index in [1.807, 2.05) is 31.2 Å². The minimum Gasteiger partial charge on any atom is -0.493 e. The molecule has 1 heterocycles. The van der Waals surface area contributed by atoms with Crippen LogP contribution in [0.15, 0.2) is 66.2 Å². The van der Waals surface area contributed by atoms with Gasteiger partial charge in [0.15, 0.2) is 0 Å². The summed E-state index contributed by atoms with van der Waals surface area (Å²) in [5.74, 6) is -0.377. The third kappa shape index (κ3) is 3.80. The Bertz CT molecular complexity index is 1250. The van der Waals surface area contributed by atoms with Gasteiger partial charge >= 0.3 is 6.03 Å². The minimum absolute atomic E-state index is 0.148. The lowest BCUT2D eigenvalue weighted by Crippen LogP contribution is -2.54. The first-order chi connectivity index (χ1) is 15.5. The molecule has 1 fully saturated rings. The number of nitrogens with zero attached hydrogens (tertiary/aromatic N) is 1. The molecule has 4 rings (SSSR count). The topological polar surface area (TPSA) is 84.9 Å². The second kappa shape index (κ2) is 8.93. The summed E-state index contributed by atoms with van der Waals surface area (Å²) in [6, 6.07) is 17.0. The van der Waals surface area contributed by atoms with Gasteiger partial charge in [0.2, 0.25) is 0 Å². The molecule has 7 heteroatoms. The predicted octanol–water partition coefficient (Wildman–Crippen LogP) is 4.30. The van der Waals surface area contributed by atoms with Crippen molar-refractivity contribution in [3.63, 3.8) is 0 Å². The van der Waals surface area contributed by atoms with Crippen molar-refractivity contribution in [3.05, 3.63) is 71.8 Å². The number of benzene rings is 3. The Balaban J connectivity index is 1.81. The highest BCUT2D eigenvalue weighted by atomic mass is 16.5. The van der Waals surface area contributed by atoms with Gasteiger partial charge in [0, 0.05) is 5.39 Å². The van der Waals surface area contributed by atoms with Crippen LogP contribution in [0.4, 0.5) is 10.5 Å². The van der Waals surface area contributed by atoms with Crippen molar-refractivity contribution in [1.29, 1.82) is 0 Å². The third-order valence-electron chi connectivity index (χ3n) is 5.03. The van der Waals surface area contributed by atoms with Gasteiger partial charge in [0.05, 0.1) is 18.9 Å². The van der Waals surface area contributed by atoms with Crippen molar-refractivity contribution in [2.75, 3.05) is 18.1 Å². The molecular formula is C25H22N2O5. The second-order valence-electron chi connectivity index (χ2n) is 6.99. The Labute approximate surface area is 185 Å². The SMILES string of the molecule is CCOc1ccccc1N1C(=O)NC(=O)/C(=C\c2ccc(OCC)c3ccccc23)C1=O. The highest BCUT2D eigenvalue weighted by Crippen LogP contribution is 2.33. The number of hydrogen-bond acceptors (Lipinski definition) is 5. The largest absolute Gasteiger partial charge is 0.493 e. The molecule has 0 aromatic heterocycles.